The Morgan fingerprint density at radius 1 is 1.14 bits per heavy atom. The van der Waals surface area contributed by atoms with Crippen LogP contribution in [0.1, 0.15) is 22.8 Å². The molecule has 0 saturated heterocycles. The molecule has 0 saturated carbocycles. The van der Waals surface area contributed by atoms with Gasteiger partial charge in [-0.25, -0.2) is 19.4 Å². The third-order valence-electron chi connectivity index (χ3n) is 5.98. The summed E-state index contributed by atoms with van der Waals surface area (Å²) < 4.78 is 15.8. The van der Waals surface area contributed by atoms with Crippen LogP contribution in [0.3, 0.4) is 0 Å². The maximum atomic E-state index is 12.9. The topological polar surface area (TPSA) is 172 Å². The number of likely N-dealkylation sites (N-methyl/N-ethyl adjacent to an activating group) is 1. The number of ether oxygens (including phenoxy) is 2. The summed E-state index contributed by atoms with van der Waals surface area (Å²) in [5, 5.41) is 17.2. The van der Waals surface area contributed by atoms with Gasteiger partial charge in [0.25, 0.3) is 0 Å². The first-order chi connectivity index (χ1) is 20.1. The summed E-state index contributed by atoms with van der Waals surface area (Å²) in [5.74, 6) is -0.737. The summed E-state index contributed by atoms with van der Waals surface area (Å²) in [6, 6.07) is 10.7. The predicted molar refractivity (Wildman–Crippen MR) is 153 cm³/mol. The Hall–Kier alpha value is -5.33. The first kappa shape index (κ1) is 31.2. The highest BCUT2D eigenvalue weighted by Gasteiger charge is 2.24. The van der Waals surface area contributed by atoms with Crippen LogP contribution in [0.5, 0.6) is 5.75 Å². The summed E-state index contributed by atoms with van der Waals surface area (Å²) >= 11 is 0. The average molecular weight is 580 g/mol. The van der Waals surface area contributed by atoms with Gasteiger partial charge in [-0.3, -0.25) is 4.79 Å². The molecule has 0 aliphatic rings. The number of aryl methyl sites for hydroxylation is 1. The van der Waals surface area contributed by atoms with Gasteiger partial charge in [0.1, 0.15) is 24.2 Å². The number of carboxylic acids is 1. The zero-order valence-electron chi connectivity index (χ0n) is 23.5. The standard InChI is InChI=1S/C29H33N5O8/c1-5-12-41-29(39)33-23(27(36)37)15-25-30-16-20(42-25)17-34(3)26(35)14-19-10-11-22(24(13-19)40-4)32-28(38)31-21-9-7-6-8-18(21)2/h5-11,13,16,23H,1,12,14-15,17H2,2-4H3,(H,33,39)(H,36,37)(H2,31,32,38). The lowest BCUT2D eigenvalue weighted by Crippen LogP contribution is -2.42. The van der Waals surface area contributed by atoms with E-state index in [2.05, 4.69) is 27.5 Å². The SMILES string of the molecule is C=CCOC(=O)NC(Cc1ncc(CN(C)C(=O)Cc2ccc(NC(=O)Nc3ccccc3C)c(OC)c2)o1)C(=O)O. The molecule has 42 heavy (non-hydrogen) atoms. The van der Waals surface area contributed by atoms with E-state index in [0.29, 0.717) is 28.4 Å². The Morgan fingerprint density at radius 2 is 1.88 bits per heavy atom. The van der Waals surface area contributed by atoms with Crippen molar-refractivity contribution in [1.29, 1.82) is 0 Å². The molecule has 0 fully saturated rings. The van der Waals surface area contributed by atoms with E-state index >= 15 is 0 Å². The number of para-hydroxylation sites is 1. The van der Waals surface area contributed by atoms with Crippen LogP contribution in [0.2, 0.25) is 0 Å². The molecular weight excluding hydrogens is 546 g/mol. The quantitative estimate of drug-likeness (QED) is 0.220. The maximum absolute atomic E-state index is 12.9. The van der Waals surface area contributed by atoms with Crippen LogP contribution in [0, 0.1) is 6.92 Å². The van der Waals surface area contributed by atoms with E-state index in [1.54, 1.807) is 31.3 Å². The van der Waals surface area contributed by atoms with Crippen molar-refractivity contribution in [3.8, 4) is 5.75 Å². The van der Waals surface area contributed by atoms with E-state index in [0.717, 1.165) is 5.56 Å². The second-order valence-electron chi connectivity index (χ2n) is 9.20. The highest BCUT2D eigenvalue weighted by atomic mass is 16.5. The van der Waals surface area contributed by atoms with Gasteiger partial charge >= 0.3 is 18.1 Å². The third-order valence-corrected chi connectivity index (χ3v) is 5.98. The lowest BCUT2D eigenvalue weighted by Gasteiger charge is -2.17. The van der Waals surface area contributed by atoms with Crippen molar-refractivity contribution in [3.05, 3.63) is 84.1 Å². The van der Waals surface area contributed by atoms with Gasteiger partial charge in [0.15, 0.2) is 5.89 Å². The molecule has 0 spiro atoms. The number of nitrogens with one attached hydrogen (secondary N) is 3. The number of methoxy groups -OCH3 is 1. The van der Waals surface area contributed by atoms with E-state index in [4.69, 9.17) is 13.9 Å². The number of nitrogens with zero attached hydrogens (tertiary/aromatic N) is 2. The zero-order valence-corrected chi connectivity index (χ0v) is 23.5. The Bertz CT molecular complexity index is 1440. The molecule has 3 aromatic rings. The number of oxazole rings is 1. The first-order valence-corrected chi connectivity index (χ1v) is 12.8. The van der Waals surface area contributed by atoms with Gasteiger partial charge in [0.05, 0.1) is 38.4 Å². The second-order valence-corrected chi connectivity index (χ2v) is 9.20. The summed E-state index contributed by atoms with van der Waals surface area (Å²) in [6.45, 7) is 5.31. The maximum Gasteiger partial charge on any atom is 0.408 e. The number of aliphatic carboxylic acids is 1. The number of aromatic nitrogens is 1. The minimum Gasteiger partial charge on any atom is -0.495 e. The van der Waals surface area contributed by atoms with Crippen molar-refractivity contribution in [3.63, 3.8) is 0 Å². The number of carbonyl (C=O) groups is 4. The van der Waals surface area contributed by atoms with Gasteiger partial charge in [-0.2, -0.15) is 0 Å². The summed E-state index contributed by atoms with van der Waals surface area (Å²) in [5.41, 5.74) is 2.69. The van der Waals surface area contributed by atoms with E-state index in [1.165, 1.54) is 24.3 Å². The highest BCUT2D eigenvalue weighted by Crippen LogP contribution is 2.26. The molecule has 0 aliphatic carbocycles. The number of hydrogen-bond acceptors (Lipinski definition) is 8. The number of hydrogen-bond donors (Lipinski definition) is 4. The molecule has 3 rings (SSSR count). The number of carboxylic acid groups (broad SMARTS) is 1. The van der Waals surface area contributed by atoms with Crippen LogP contribution in [-0.2, 0) is 33.7 Å². The van der Waals surface area contributed by atoms with Gasteiger partial charge in [0.2, 0.25) is 5.91 Å². The fraction of sp³-hybridized carbons (Fsp3) is 0.276. The van der Waals surface area contributed by atoms with Crippen molar-refractivity contribution >= 4 is 35.4 Å². The van der Waals surface area contributed by atoms with Crippen molar-refractivity contribution in [2.45, 2.75) is 32.4 Å². The third kappa shape index (κ3) is 9.11. The lowest BCUT2D eigenvalue weighted by molar-refractivity contribution is -0.139. The molecule has 1 heterocycles. The van der Waals surface area contributed by atoms with Gasteiger partial charge in [-0.1, -0.05) is 36.9 Å². The number of benzene rings is 2. The molecule has 2 aromatic carbocycles. The molecule has 1 unspecified atom stereocenters. The van der Waals surface area contributed by atoms with E-state index in [1.807, 2.05) is 25.1 Å². The van der Waals surface area contributed by atoms with Gasteiger partial charge in [-0.05, 0) is 36.2 Å². The Morgan fingerprint density at radius 3 is 2.57 bits per heavy atom. The molecule has 0 aliphatic heterocycles. The van der Waals surface area contributed by atoms with Crippen molar-refractivity contribution in [2.24, 2.45) is 0 Å². The Labute approximate surface area is 242 Å². The van der Waals surface area contributed by atoms with Crippen LogP contribution in [0.25, 0.3) is 0 Å². The number of carbonyl (C=O) groups excluding carboxylic acids is 3. The van der Waals surface area contributed by atoms with Crippen LogP contribution in [0.15, 0.2) is 65.7 Å². The minimum absolute atomic E-state index is 0.0430. The number of rotatable bonds is 13. The van der Waals surface area contributed by atoms with Crippen molar-refractivity contribution in [2.75, 3.05) is 31.4 Å². The smallest absolute Gasteiger partial charge is 0.408 e. The largest absolute Gasteiger partial charge is 0.495 e. The van der Waals surface area contributed by atoms with Crippen LogP contribution < -0.4 is 20.7 Å². The molecule has 1 aromatic heterocycles. The lowest BCUT2D eigenvalue weighted by atomic mass is 10.1. The number of alkyl carbamates (subject to hydrolysis) is 1. The fourth-order valence-electron chi connectivity index (χ4n) is 3.78. The van der Waals surface area contributed by atoms with E-state index in [9.17, 15) is 24.3 Å². The Kier molecular flexibility index (Phi) is 11.1. The average Bonchev–Trinajstić information content (AvgIpc) is 3.39. The molecule has 222 valence electrons. The van der Waals surface area contributed by atoms with E-state index in [-0.39, 0.29) is 37.8 Å². The molecule has 0 radical (unpaired) electrons. The van der Waals surface area contributed by atoms with E-state index < -0.39 is 24.1 Å². The molecule has 1 atom stereocenters. The van der Waals surface area contributed by atoms with Gasteiger partial charge in [0, 0.05) is 12.7 Å². The first-order valence-electron chi connectivity index (χ1n) is 12.8. The number of amides is 4. The highest BCUT2D eigenvalue weighted by molar-refractivity contribution is 6.01. The molecule has 0 bridgehead atoms. The number of urea groups is 1. The van der Waals surface area contributed by atoms with Crippen molar-refractivity contribution < 1.29 is 38.2 Å². The molecule has 13 nitrogen and oxygen atoms in total. The van der Waals surface area contributed by atoms with Gasteiger partial charge < -0.3 is 39.8 Å². The summed E-state index contributed by atoms with van der Waals surface area (Å²) in [6.07, 6.45) is 1.65. The predicted octanol–water partition coefficient (Wildman–Crippen LogP) is 3.74. The molecular formula is C29H33N5O8. The summed E-state index contributed by atoms with van der Waals surface area (Å²) in [7, 11) is 3.05. The monoisotopic (exact) mass is 579 g/mol. The van der Waals surface area contributed by atoms with Crippen molar-refractivity contribution in [1.82, 2.24) is 15.2 Å². The normalized spacial score (nSPS) is 11.1. The van der Waals surface area contributed by atoms with Crippen LogP contribution >= 0.6 is 0 Å². The molecule has 13 heteroatoms. The molecule has 4 amide bonds. The molecule has 4 N–H and O–H groups in total. The van der Waals surface area contributed by atoms with Gasteiger partial charge in [-0.15, -0.1) is 0 Å². The minimum atomic E-state index is -1.32. The van der Waals surface area contributed by atoms with Crippen LogP contribution in [-0.4, -0.2) is 65.8 Å². The number of anilines is 2. The fourth-order valence-corrected chi connectivity index (χ4v) is 3.78. The second kappa shape index (κ2) is 14.9. The van der Waals surface area contributed by atoms with Crippen LogP contribution in [0.4, 0.5) is 21.0 Å². The zero-order chi connectivity index (χ0) is 30.6. The summed E-state index contributed by atoms with van der Waals surface area (Å²) in [4.78, 5) is 54.1. The Balaban J connectivity index is 1.56.